The van der Waals surface area contributed by atoms with E-state index in [0.29, 0.717) is 23.3 Å². The standard InChI is InChI=1S/C20H24F3NO/c1-12(16-3-2-4-17(8-16)20(21,22)23)24-18(25)19-9-13-5-14(10-19)7-15(6-13)11-19/h2-4,8,12-15H,5-7,9-11H2,1H3,(H,24,25). The zero-order valence-electron chi connectivity index (χ0n) is 14.4. The molecule has 4 aliphatic carbocycles. The lowest BCUT2D eigenvalue weighted by Crippen LogP contribution is -2.53. The van der Waals surface area contributed by atoms with Gasteiger partial charge in [-0.15, -0.1) is 0 Å². The first kappa shape index (κ1) is 16.9. The van der Waals surface area contributed by atoms with E-state index >= 15 is 0 Å². The molecule has 1 amide bonds. The van der Waals surface area contributed by atoms with E-state index in [2.05, 4.69) is 5.32 Å². The van der Waals surface area contributed by atoms with Gasteiger partial charge >= 0.3 is 6.18 Å². The molecule has 1 aromatic rings. The third kappa shape index (κ3) is 3.06. The van der Waals surface area contributed by atoms with Crippen molar-refractivity contribution in [1.82, 2.24) is 5.32 Å². The van der Waals surface area contributed by atoms with Gasteiger partial charge in [0, 0.05) is 5.41 Å². The summed E-state index contributed by atoms with van der Waals surface area (Å²) >= 11 is 0. The van der Waals surface area contributed by atoms with Crippen LogP contribution < -0.4 is 5.32 Å². The lowest BCUT2D eigenvalue weighted by Gasteiger charge is -2.55. The fourth-order valence-corrected chi connectivity index (χ4v) is 5.81. The van der Waals surface area contributed by atoms with Gasteiger partial charge in [-0.1, -0.05) is 12.1 Å². The van der Waals surface area contributed by atoms with Gasteiger partial charge in [0.1, 0.15) is 0 Å². The van der Waals surface area contributed by atoms with Crippen LogP contribution in [0.2, 0.25) is 0 Å². The Morgan fingerprint density at radius 1 is 1.12 bits per heavy atom. The van der Waals surface area contributed by atoms with Gasteiger partial charge in [-0.3, -0.25) is 4.79 Å². The number of halogens is 3. The monoisotopic (exact) mass is 351 g/mol. The summed E-state index contributed by atoms with van der Waals surface area (Å²) in [5.74, 6) is 2.05. The lowest BCUT2D eigenvalue weighted by atomic mass is 9.49. The largest absolute Gasteiger partial charge is 0.416 e. The van der Waals surface area contributed by atoms with E-state index in [0.717, 1.165) is 31.4 Å². The Bertz CT molecular complexity index is 646. The number of hydrogen-bond acceptors (Lipinski definition) is 1. The molecule has 2 nitrogen and oxygen atoms in total. The molecule has 1 N–H and O–H groups in total. The van der Waals surface area contributed by atoms with Crippen LogP contribution in [0.4, 0.5) is 13.2 Å². The highest BCUT2D eigenvalue weighted by atomic mass is 19.4. The van der Waals surface area contributed by atoms with Crippen LogP contribution in [0.1, 0.15) is 62.6 Å². The second-order valence-electron chi connectivity index (χ2n) is 8.52. The molecular formula is C20H24F3NO. The van der Waals surface area contributed by atoms with Crippen molar-refractivity contribution >= 4 is 5.91 Å². The van der Waals surface area contributed by atoms with Crippen molar-refractivity contribution in [3.05, 3.63) is 35.4 Å². The van der Waals surface area contributed by atoms with Crippen LogP contribution in [0.25, 0.3) is 0 Å². The van der Waals surface area contributed by atoms with Crippen molar-refractivity contribution in [1.29, 1.82) is 0 Å². The number of nitrogens with one attached hydrogen (secondary N) is 1. The van der Waals surface area contributed by atoms with Crippen LogP contribution in [0, 0.1) is 23.2 Å². The molecule has 1 unspecified atom stereocenters. The van der Waals surface area contributed by atoms with Crippen LogP contribution in [0.3, 0.4) is 0 Å². The molecule has 0 heterocycles. The summed E-state index contributed by atoms with van der Waals surface area (Å²) in [7, 11) is 0. The Hall–Kier alpha value is -1.52. The van der Waals surface area contributed by atoms with E-state index < -0.39 is 17.8 Å². The summed E-state index contributed by atoms with van der Waals surface area (Å²) in [5.41, 5.74) is -0.432. The molecule has 4 fully saturated rings. The van der Waals surface area contributed by atoms with Crippen LogP contribution in [0.5, 0.6) is 0 Å². The van der Waals surface area contributed by atoms with E-state index in [1.165, 1.54) is 25.3 Å². The number of amides is 1. The summed E-state index contributed by atoms with van der Waals surface area (Å²) in [6.07, 6.45) is 2.29. The predicted molar refractivity (Wildman–Crippen MR) is 88.6 cm³/mol. The van der Waals surface area contributed by atoms with Gasteiger partial charge in [-0.25, -0.2) is 0 Å². The first-order valence-corrected chi connectivity index (χ1v) is 9.23. The zero-order valence-corrected chi connectivity index (χ0v) is 14.4. The molecule has 0 saturated heterocycles. The Labute approximate surface area is 146 Å². The number of carbonyl (C=O) groups excluding carboxylic acids is 1. The number of carbonyl (C=O) groups is 1. The average molecular weight is 351 g/mol. The van der Waals surface area contributed by atoms with Gasteiger partial charge in [-0.05, 0) is 80.9 Å². The molecule has 136 valence electrons. The maximum absolute atomic E-state index is 13.0. The molecule has 5 rings (SSSR count). The minimum absolute atomic E-state index is 0.0523. The molecule has 25 heavy (non-hydrogen) atoms. The van der Waals surface area contributed by atoms with Gasteiger partial charge < -0.3 is 5.32 Å². The van der Waals surface area contributed by atoms with E-state index in [9.17, 15) is 18.0 Å². The highest BCUT2D eigenvalue weighted by Gasteiger charge is 2.54. The van der Waals surface area contributed by atoms with Gasteiger partial charge in [0.25, 0.3) is 0 Å². The van der Waals surface area contributed by atoms with Crippen molar-refractivity contribution < 1.29 is 18.0 Å². The van der Waals surface area contributed by atoms with Crippen molar-refractivity contribution in [3.8, 4) is 0 Å². The smallest absolute Gasteiger partial charge is 0.349 e. The van der Waals surface area contributed by atoms with E-state index in [4.69, 9.17) is 0 Å². The van der Waals surface area contributed by atoms with Crippen LogP contribution in [-0.2, 0) is 11.0 Å². The third-order valence-corrected chi connectivity index (χ3v) is 6.58. The van der Waals surface area contributed by atoms with E-state index in [-0.39, 0.29) is 11.3 Å². The number of benzene rings is 1. The second kappa shape index (κ2) is 5.75. The zero-order chi connectivity index (χ0) is 17.8. The highest BCUT2D eigenvalue weighted by molar-refractivity contribution is 5.83. The third-order valence-electron chi connectivity index (χ3n) is 6.58. The van der Waals surface area contributed by atoms with Crippen molar-refractivity contribution in [3.63, 3.8) is 0 Å². The molecule has 0 radical (unpaired) electrons. The predicted octanol–water partition coefficient (Wildman–Crippen LogP) is 5.10. The summed E-state index contributed by atoms with van der Waals surface area (Å²) in [6, 6.07) is 4.86. The molecule has 4 aliphatic rings. The van der Waals surface area contributed by atoms with E-state index in [1.807, 2.05) is 0 Å². The molecule has 4 saturated carbocycles. The maximum atomic E-state index is 13.0. The first-order valence-electron chi connectivity index (χ1n) is 9.23. The summed E-state index contributed by atoms with van der Waals surface area (Å²) in [4.78, 5) is 13.0. The Morgan fingerprint density at radius 3 is 2.20 bits per heavy atom. The summed E-state index contributed by atoms with van der Waals surface area (Å²) in [5, 5.41) is 3.03. The van der Waals surface area contributed by atoms with Crippen molar-refractivity contribution in [2.24, 2.45) is 23.2 Å². The van der Waals surface area contributed by atoms with Crippen LogP contribution in [-0.4, -0.2) is 5.91 Å². The number of hydrogen-bond donors (Lipinski definition) is 1. The molecule has 1 aromatic carbocycles. The number of rotatable bonds is 3. The van der Waals surface area contributed by atoms with E-state index in [1.54, 1.807) is 13.0 Å². The van der Waals surface area contributed by atoms with Crippen LogP contribution in [0.15, 0.2) is 24.3 Å². The maximum Gasteiger partial charge on any atom is 0.416 e. The average Bonchev–Trinajstić information content (AvgIpc) is 2.53. The number of alkyl halides is 3. The fraction of sp³-hybridized carbons (Fsp3) is 0.650. The Morgan fingerprint density at radius 2 is 1.68 bits per heavy atom. The van der Waals surface area contributed by atoms with Crippen LogP contribution >= 0.6 is 0 Å². The molecule has 0 spiro atoms. The molecule has 0 aromatic heterocycles. The van der Waals surface area contributed by atoms with Gasteiger partial charge in [0.05, 0.1) is 11.6 Å². The van der Waals surface area contributed by atoms with Gasteiger partial charge in [0.2, 0.25) is 5.91 Å². The summed E-state index contributed by atoms with van der Waals surface area (Å²) < 4.78 is 38.7. The fourth-order valence-electron chi connectivity index (χ4n) is 5.81. The molecule has 5 heteroatoms. The Balaban J connectivity index is 1.50. The molecule has 1 atom stereocenters. The quantitative estimate of drug-likeness (QED) is 0.806. The topological polar surface area (TPSA) is 29.1 Å². The Kier molecular flexibility index (Phi) is 3.89. The van der Waals surface area contributed by atoms with Gasteiger partial charge in [0.15, 0.2) is 0 Å². The first-order chi connectivity index (χ1) is 11.7. The SMILES string of the molecule is CC(NC(=O)C12CC3CC(CC(C3)C1)C2)c1cccc(C(F)(F)F)c1. The lowest BCUT2D eigenvalue weighted by molar-refractivity contribution is -0.147. The minimum Gasteiger partial charge on any atom is -0.349 e. The minimum atomic E-state index is -4.36. The molecule has 0 aliphatic heterocycles. The highest BCUT2D eigenvalue weighted by Crippen LogP contribution is 2.60. The van der Waals surface area contributed by atoms with Crippen molar-refractivity contribution in [2.75, 3.05) is 0 Å². The normalized spacial score (nSPS) is 34.8. The second-order valence-corrected chi connectivity index (χ2v) is 8.52. The molecular weight excluding hydrogens is 327 g/mol. The van der Waals surface area contributed by atoms with Gasteiger partial charge in [-0.2, -0.15) is 13.2 Å². The molecule has 4 bridgehead atoms. The van der Waals surface area contributed by atoms with Crippen molar-refractivity contribution in [2.45, 2.75) is 57.7 Å². The summed E-state index contributed by atoms with van der Waals surface area (Å²) in [6.45, 7) is 1.77.